The minimum atomic E-state index is 0.181. The fraction of sp³-hybridized carbons (Fsp3) is 0.588. The first kappa shape index (κ1) is 13.1. The third-order valence-electron chi connectivity index (χ3n) is 4.88. The summed E-state index contributed by atoms with van der Waals surface area (Å²) in [4.78, 5) is 17.2. The Hall–Kier alpha value is -1.55. The maximum Gasteiger partial charge on any atom is 0.254 e. The summed E-state index contributed by atoms with van der Waals surface area (Å²) in [5.41, 5.74) is 5.09. The van der Waals surface area contributed by atoms with Crippen LogP contribution < -0.4 is 4.90 Å². The zero-order valence-electron chi connectivity index (χ0n) is 12.4. The zero-order chi connectivity index (χ0) is 14.2. The van der Waals surface area contributed by atoms with Crippen LogP contribution in [0.2, 0.25) is 0 Å². The summed E-state index contributed by atoms with van der Waals surface area (Å²) in [5.74, 6) is 0.181. The molecule has 21 heavy (non-hydrogen) atoms. The van der Waals surface area contributed by atoms with Crippen LogP contribution in [0.15, 0.2) is 12.1 Å². The van der Waals surface area contributed by atoms with Gasteiger partial charge in [-0.2, -0.15) is 0 Å². The predicted molar refractivity (Wildman–Crippen MR) is 82.0 cm³/mol. The number of rotatable bonds is 1. The van der Waals surface area contributed by atoms with E-state index in [-0.39, 0.29) is 5.91 Å². The number of hydrogen-bond acceptors (Lipinski definition) is 3. The number of benzene rings is 1. The van der Waals surface area contributed by atoms with E-state index in [9.17, 15) is 4.79 Å². The second kappa shape index (κ2) is 5.34. The number of anilines is 1. The van der Waals surface area contributed by atoms with Crippen molar-refractivity contribution in [2.75, 3.05) is 44.3 Å². The van der Waals surface area contributed by atoms with Crippen molar-refractivity contribution in [2.45, 2.75) is 25.7 Å². The van der Waals surface area contributed by atoms with Crippen molar-refractivity contribution >= 4 is 11.6 Å². The second-order valence-electron chi connectivity index (χ2n) is 6.24. The number of ether oxygens (including phenoxy) is 1. The highest BCUT2D eigenvalue weighted by Gasteiger charge is 2.27. The van der Waals surface area contributed by atoms with Gasteiger partial charge in [0.15, 0.2) is 0 Å². The van der Waals surface area contributed by atoms with Gasteiger partial charge in [0.2, 0.25) is 0 Å². The molecule has 3 aliphatic rings. The van der Waals surface area contributed by atoms with Crippen LogP contribution in [-0.2, 0) is 17.6 Å². The topological polar surface area (TPSA) is 32.8 Å². The predicted octanol–water partition coefficient (Wildman–Crippen LogP) is 1.86. The van der Waals surface area contributed by atoms with Crippen molar-refractivity contribution in [3.63, 3.8) is 0 Å². The molecule has 1 aromatic carbocycles. The summed E-state index contributed by atoms with van der Waals surface area (Å²) < 4.78 is 5.34. The van der Waals surface area contributed by atoms with Gasteiger partial charge in [0.1, 0.15) is 0 Å². The average molecular weight is 286 g/mol. The van der Waals surface area contributed by atoms with E-state index in [1.54, 1.807) is 0 Å². The summed E-state index contributed by atoms with van der Waals surface area (Å²) in [5, 5.41) is 0. The van der Waals surface area contributed by atoms with Crippen LogP contribution >= 0.6 is 0 Å². The van der Waals surface area contributed by atoms with Crippen molar-refractivity contribution in [3.8, 4) is 0 Å². The van der Waals surface area contributed by atoms with Gasteiger partial charge in [0.05, 0.1) is 13.2 Å². The summed E-state index contributed by atoms with van der Waals surface area (Å²) in [6, 6.07) is 4.29. The van der Waals surface area contributed by atoms with E-state index < -0.39 is 0 Å². The SMILES string of the molecule is O=C(c1cc2c3c(c1)CCCN3CCC2)N1CCOCC1. The van der Waals surface area contributed by atoms with Crippen molar-refractivity contribution in [2.24, 2.45) is 0 Å². The quantitative estimate of drug-likeness (QED) is 0.790. The molecule has 1 amide bonds. The Morgan fingerprint density at radius 3 is 2.19 bits per heavy atom. The van der Waals surface area contributed by atoms with Crippen molar-refractivity contribution in [1.82, 2.24) is 4.90 Å². The van der Waals surface area contributed by atoms with Crippen molar-refractivity contribution in [3.05, 3.63) is 28.8 Å². The minimum absolute atomic E-state index is 0.181. The van der Waals surface area contributed by atoms with Crippen LogP contribution in [0.25, 0.3) is 0 Å². The molecule has 0 spiro atoms. The average Bonchev–Trinajstić information content (AvgIpc) is 2.55. The zero-order valence-corrected chi connectivity index (χ0v) is 12.4. The Morgan fingerprint density at radius 2 is 1.57 bits per heavy atom. The molecule has 1 saturated heterocycles. The number of amides is 1. The van der Waals surface area contributed by atoms with E-state index in [0.717, 1.165) is 31.5 Å². The van der Waals surface area contributed by atoms with Gasteiger partial charge in [-0.1, -0.05) is 0 Å². The summed E-state index contributed by atoms with van der Waals surface area (Å²) in [7, 11) is 0. The molecule has 0 aliphatic carbocycles. The number of nitrogens with zero attached hydrogens (tertiary/aromatic N) is 2. The van der Waals surface area contributed by atoms with E-state index >= 15 is 0 Å². The van der Waals surface area contributed by atoms with E-state index in [1.165, 1.54) is 42.7 Å². The molecule has 0 saturated carbocycles. The van der Waals surface area contributed by atoms with Crippen LogP contribution in [0, 0.1) is 0 Å². The van der Waals surface area contributed by atoms with Gasteiger partial charge in [-0.3, -0.25) is 4.79 Å². The molecule has 4 nitrogen and oxygen atoms in total. The smallest absolute Gasteiger partial charge is 0.254 e. The number of carbonyl (C=O) groups excluding carboxylic acids is 1. The highest BCUT2D eigenvalue weighted by atomic mass is 16.5. The maximum absolute atomic E-state index is 12.7. The number of aryl methyl sites for hydroxylation is 2. The molecule has 4 rings (SSSR count). The fourth-order valence-electron chi connectivity index (χ4n) is 3.88. The van der Waals surface area contributed by atoms with E-state index in [0.29, 0.717) is 13.2 Å². The molecule has 0 aromatic heterocycles. The molecule has 0 bridgehead atoms. The normalized spacial score (nSPS) is 21.1. The van der Waals surface area contributed by atoms with Gasteiger partial charge < -0.3 is 14.5 Å². The van der Waals surface area contributed by atoms with Gasteiger partial charge in [0, 0.05) is 37.4 Å². The lowest BCUT2D eigenvalue weighted by molar-refractivity contribution is 0.0303. The summed E-state index contributed by atoms with van der Waals surface area (Å²) in [6.07, 6.45) is 4.65. The van der Waals surface area contributed by atoms with Gasteiger partial charge in [-0.15, -0.1) is 0 Å². The van der Waals surface area contributed by atoms with E-state index in [1.807, 2.05) is 4.90 Å². The Balaban J connectivity index is 1.69. The summed E-state index contributed by atoms with van der Waals surface area (Å²) in [6.45, 7) is 5.12. The molecule has 1 aromatic rings. The molecule has 0 radical (unpaired) electrons. The molecule has 0 unspecified atom stereocenters. The first-order valence-electron chi connectivity index (χ1n) is 8.11. The van der Waals surface area contributed by atoms with E-state index in [2.05, 4.69) is 17.0 Å². The third-order valence-corrected chi connectivity index (χ3v) is 4.88. The minimum Gasteiger partial charge on any atom is -0.378 e. The van der Waals surface area contributed by atoms with Crippen molar-refractivity contribution < 1.29 is 9.53 Å². The Morgan fingerprint density at radius 1 is 0.952 bits per heavy atom. The lowest BCUT2D eigenvalue weighted by atomic mass is 9.90. The molecule has 1 fully saturated rings. The van der Waals surface area contributed by atoms with Gasteiger partial charge in [-0.05, 0) is 48.9 Å². The van der Waals surface area contributed by atoms with E-state index in [4.69, 9.17) is 4.74 Å². The van der Waals surface area contributed by atoms with Crippen LogP contribution in [0.4, 0.5) is 5.69 Å². The number of hydrogen-bond donors (Lipinski definition) is 0. The highest BCUT2D eigenvalue weighted by Crippen LogP contribution is 2.36. The highest BCUT2D eigenvalue weighted by molar-refractivity contribution is 5.95. The van der Waals surface area contributed by atoms with Crippen molar-refractivity contribution in [1.29, 1.82) is 0 Å². The first-order chi connectivity index (χ1) is 10.3. The molecule has 3 aliphatic heterocycles. The molecule has 0 N–H and O–H groups in total. The first-order valence-corrected chi connectivity index (χ1v) is 8.11. The van der Waals surface area contributed by atoms with Crippen LogP contribution in [0.3, 0.4) is 0 Å². The van der Waals surface area contributed by atoms with Crippen LogP contribution in [0.5, 0.6) is 0 Å². The molecular formula is C17H22N2O2. The van der Waals surface area contributed by atoms with Gasteiger partial charge in [0.25, 0.3) is 5.91 Å². The lowest BCUT2D eigenvalue weighted by Crippen LogP contribution is -2.41. The van der Waals surface area contributed by atoms with Gasteiger partial charge in [-0.25, -0.2) is 0 Å². The lowest BCUT2D eigenvalue weighted by Gasteiger charge is -2.37. The van der Waals surface area contributed by atoms with Crippen LogP contribution in [0.1, 0.15) is 34.3 Å². The number of carbonyl (C=O) groups is 1. The van der Waals surface area contributed by atoms with Gasteiger partial charge >= 0.3 is 0 Å². The largest absolute Gasteiger partial charge is 0.378 e. The molecule has 112 valence electrons. The second-order valence-corrected chi connectivity index (χ2v) is 6.24. The fourth-order valence-corrected chi connectivity index (χ4v) is 3.88. The Kier molecular flexibility index (Phi) is 3.34. The third kappa shape index (κ3) is 2.31. The maximum atomic E-state index is 12.7. The standard InChI is InChI=1S/C17H22N2O2/c20-17(19-7-9-21-10-8-19)15-11-13-3-1-5-18-6-2-4-14(12-15)16(13)18/h11-12H,1-10H2. The molecular weight excluding hydrogens is 264 g/mol. The molecule has 3 heterocycles. The summed E-state index contributed by atoms with van der Waals surface area (Å²) >= 11 is 0. The van der Waals surface area contributed by atoms with Crippen LogP contribution in [-0.4, -0.2) is 50.2 Å². The monoisotopic (exact) mass is 286 g/mol. The molecule has 0 atom stereocenters. The molecule has 4 heteroatoms. The Bertz CT molecular complexity index is 533. The Labute approximate surface area is 125 Å². The number of morpholine rings is 1.